The number of hydrogen-bond donors (Lipinski definition) is 1. The fourth-order valence-corrected chi connectivity index (χ4v) is 4.65. The van der Waals surface area contributed by atoms with Crippen LogP contribution in [0.25, 0.3) is 0 Å². The van der Waals surface area contributed by atoms with Crippen LogP contribution in [-0.4, -0.2) is 56.7 Å². The molecule has 3 atom stereocenters. The van der Waals surface area contributed by atoms with E-state index < -0.39 is 11.7 Å². The molecule has 0 aromatic heterocycles. The van der Waals surface area contributed by atoms with Crippen LogP contribution in [0.5, 0.6) is 5.75 Å². The van der Waals surface area contributed by atoms with Gasteiger partial charge in [0.15, 0.2) is 5.60 Å². The van der Waals surface area contributed by atoms with E-state index in [4.69, 9.17) is 19.9 Å². The van der Waals surface area contributed by atoms with Gasteiger partial charge in [-0.2, -0.15) is 0 Å². The minimum absolute atomic E-state index is 0.178. The number of fused-ring (bicyclic) bond motifs is 4. The minimum Gasteiger partial charge on any atom is -0.489 e. The fourth-order valence-electron chi connectivity index (χ4n) is 4.65. The first-order valence-corrected chi connectivity index (χ1v) is 8.58. The van der Waals surface area contributed by atoms with Crippen molar-refractivity contribution in [2.75, 3.05) is 42.7 Å². The maximum absolute atomic E-state index is 14.8. The van der Waals surface area contributed by atoms with E-state index in [0.717, 1.165) is 26.3 Å². The monoisotopic (exact) mass is 347 g/mol. The molecule has 2 spiro atoms. The second-order valence-electron chi connectivity index (χ2n) is 7.95. The van der Waals surface area contributed by atoms with E-state index in [1.165, 1.54) is 11.0 Å². The highest BCUT2D eigenvalue weighted by Gasteiger charge is 2.69. The fraction of sp³-hybridized carbons (Fsp3) is 0.588. The molecule has 3 saturated heterocycles. The number of halogens is 1. The van der Waals surface area contributed by atoms with Gasteiger partial charge in [-0.25, -0.2) is 9.18 Å². The topological polar surface area (TPSA) is 77.3 Å². The van der Waals surface area contributed by atoms with Crippen molar-refractivity contribution < 1.29 is 23.4 Å². The van der Waals surface area contributed by atoms with Crippen molar-refractivity contribution in [1.29, 1.82) is 0 Å². The van der Waals surface area contributed by atoms with E-state index in [1.54, 1.807) is 6.07 Å². The Morgan fingerprint density at radius 1 is 1.24 bits per heavy atom. The van der Waals surface area contributed by atoms with Crippen molar-refractivity contribution in [3.8, 4) is 5.75 Å². The zero-order chi connectivity index (χ0) is 17.0. The average molecular weight is 347 g/mol. The summed E-state index contributed by atoms with van der Waals surface area (Å²) in [6, 6.07) is 2.61. The number of amides is 1. The van der Waals surface area contributed by atoms with Gasteiger partial charge in [0.25, 0.3) is 0 Å². The van der Waals surface area contributed by atoms with Gasteiger partial charge in [-0.3, -0.25) is 4.90 Å². The van der Waals surface area contributed by atoms with Crippen LogP contribution < -0.4 is 20.3 Å². The molecule has 4 aliphatic heterocycles. The maximum Gasteiger partial charge on any atom is 0.415 e. The lowest BCUT2D eigenvalue weighted by Crippen LogP contribution is -2.66. The number of nitrogens with zero attached hydrogens (tertiary/aromatic N) is 2. The van der Waals surface area contributed by atoms with Gasteiger partial charge in [-0.1, -0.05) is 0 Å². The Morgan fingerprint density at radius 2 is 2.00 bits per heavy atom. The van der Waals surface area contributed by atoms with E-state index in [1.807, 2.05) is 4.90 Å². The molecule has 0 radical (unpaired) electrons. The molecule has 2 unspecified atom stereocenters. The Labute approximate surface area is 143 Å². The van der Waals surface area contributed by atoms with Crippen LogP contribution in [0.2, 0.25) is 0 Å². The summed E-state index contributed by atoms with van der Waals surface area (Å²) >= 11 is 0. The van der Waals surface area contributed by atoms with Gasteiger partial charge in [-0.15, -0.1) is 0 Å². The van der Waals surface area contributed by atoms with E-state index >= 15 is 0 Å². The number of anilines is 2. The zero-order valence-corrected chi connectivity index (χ0v) is 13.5. The van der Waals surface area contributed by atoms with E-state index in [-0.39, 0.29) is 23.3 Å². The predicted molar refractivity (Wildman–Crippen MR) is 85.4 cm³/mol. The number of nitrogens with two attached hydrogens (primary N) is 1. The van der Waals surface area contributed by atoms with Crippen molar-refractivity contribution in [2.45, 2.75) is 24.1 Å². The molecule has 7 nitrogen and oxygen atoms in total. The molecule has 25 heavy (non-hydrogen) atoms. The summed E-state index contributed by atoms with van der Waals surface area (Å²) in [5.41, 5.74) is 6.44. The first-order valence-electron chi connectivity index (χ1n) is 8.58. The van der Waals surface area contributed by atoms with Gasteiger partial charge >= 0.3 is 6.09 Å². The molecule has 6 rings (SSSR count). The molecule has 5 aliphatic rings. The quantitative estimate of drug-likeness (QED) is 0.812. The highest BCUT2D eigenvalue weighted by atomic mass is 19.1. The average Bonchev–Trinajstić information content (AvgIpc) is 3.03. The van der Waals surface area contributed by atoms with Gasteiger partial charge in [0.2, 0.25) is 0 Å². The Bertz CT molecular complexity index is 805. The number of carbonyl (C=O) groups excluding carboxylic acids is 1. The maximum atomic E-state index is 14.8. The highest BCUT2D eigenvalue weighted by molar-refractivity contribution is 5.95. The van der Waals surface area contributed by atoms with Crippen LogP contribution in [0, 0.1) is 11.2 Å². The lowest BCUT2D eigenvalue weighted by molar-refractivity contribution is -0.127. The van der Waals surface area contributed by atoms with Crippen LogP contribution >= 0.6 is 0 Å². The SMILES string of the molecule is NC1CC12OC(=O)N1c3cc(F)c(N4CC5(COC5)C4)cc3OC[C@H]12. The van der Waals surface area contributed by atoms with Crippen LogP contribution in [0.3, 0.4) is 0 Å². The van der Waals surface area contributed by atoms with E-state index in [9.17, 15) is 9.18 Å². The zero-order valence-electron chi connectivity index (χ0n) is 13.5. The summed E-state index contributed by atoms with van der Waals surface area (Å²) in [7, 11) is 0. The molecular weight excluding hydrogens is 329 g/mol. The molecule has 1 aromatic rings. The first-order chi connectivity index (χ1) is 12.0. The van der Waals surface area contributed by atoms with Crippen LogP contribution in [-0.2, 0) is 9.47 Å². The molecule has 4 fully saturated rings. The molecule has 2 N–H and O–H groups in total. The summed E-state index contributed by atoms with van der Waals surface area (Å²) in [4.78, 5) is 15.9. The van der Waals surface area contributed by atoms with Crippen molar-refractivity contribution >= 4 is 17.5 Å². The number of carbonyl (C=O) groups is 1. The van der Waals surface area contributed by atoms with Crippen molar-refractivity contribution in [2.24, 2.45) is 11.1 Å². The summed E-state index contributed by atoms with van der Waals surface area (Å²) in [5, 5.41) is 0. The van der Waals surface area contributed by atoms with Crippen molar-refractivity contribution in [3.63, 3.8) is 0 Å². The van der Waals surface area contributed by atoms with Crippen molar-refractivity contribution in [1.82, 2.24) is 0 Å². The third kappa shape index (κ3) is 1.64. The van der Waals surface area contributed by atoms with Crippen LogP contribution in [0.4, 0.5) is 20.6 Å². The third-order valence-corrected chi connectivity index (χ3v) is 6.25. The van der Waals surface area contributed by atoms with E-state index in [0.29, 0.717) is 30.2 Å². The van der Waals surface area contributed by atoms with Gasteiger partial charge in [-0.05, 0) is 0 Å². The van der Waals surface area contributed by atoms with Crippen molar-refractivity contribution in [3.05, 3.63) is 17.9 Å². The second-order valence-corrected chi connectivity index (χ2v) is 7.95. The van der Waals surface area contributed by atoms with Gasteiger partial charge in [0.05, 0.1) is 36.0 Å². The lowest BCUT2D eigenvalue weighted by Gasteiger charge is -2.56. The smallest absolute Gasteiger partial charge is 0.415 e. The normalized spacial score (nSPS) is 36.3. The summed E-state index contributed by atoms with van der Waals surface area (Å²) in [5.74, 6) is 0.161. The Morgan fingerprint density at radius 3 is 2.64 bits per heavy atom. The Kier molecular flexibility index (Phi) is 2.37. The summed E-state index contributed by atoms with van der Waals surface area (Å²) < 4.78 is 31.4. The molecule has 0 bridgehead atoms. The Balaban J connectivity index is 1.34. The van der Waals surface area contributed by atoms with Crippen LogP contribution in [0.15, 0.2) is 12.1 Å². The standard InChI is InChI=1S/C17H18FN3O4/c18-9-1-11-12(2-10(9)20-5-16(6-20)7-23-8-16)24-4-14-17(3-13(17)19)25-15(22)21(11)14/h1-2,13-14H,3-8,19H2/t13?,14-,17?/m0/s1. The molecule has 1 aromatic carbocycles. The minimum atomic E-state index is -0.669. The molecule has 8 heteroatoms. The number of hydrogen-bond acceptors (Lipinski definition) is 6. The number of rotatable bonds is 1. The molecule has 132 valence electrons. The predicted octanol–water partition coefficient (Wildman–Crippen LogP) is 0.850. The third-order valence-electron chi connectivity index (χ3n) is 6.25. The van der Waals surface area contributed by atoms with Gasteiger partial charge in [0.1, 0.15) is 24.2 Å². The molecule has 1 aliphatic carbocycles. The Hall–Kier alpha value is -2.06. The van der Waals surface area contributed by atoms with Gasteiger partial charge < -0.3 is 24.8 Å². The largest absolute Gasteiger partial charge is 0.489 e. The molecular formula is C17H18FN3O4. The molecule has 4 heterocycles. The number of ether oxygens (including phenoxy) is 3. The summed E-state index contributed by atoms with van der Waals surface area (Å²) in [6.07, 6.45) is 0.154. The second kappa shape index (κ2) is 4.19. The molecule has 1 amide bonds. The van der Waals surface area contributed by atoms with Crippen LogP contribution in [0.1, 0.15) is 6.42 Å². The first kappa shape index (κ1) is 14.1. The number of benzene rings is 1. The molecule has 1 saturated carbocycles. The highest BCUT2D eigenvalue weighted by Crippen LogP contribution is 2.53. The summed E-state index contributed by atoms with van der Waals surface area (Å²) in [6.45, 7) is 3.38. The lowest BCUT2D eigenvalue weighted by atomic mass is 9.77. The van der Waals surface area contributed by atoms with E-state index in [2.05, 4.69) is 0 Å². The van der Waals surface area contributed by atoms with Gasteiger partial charge in [0, 0.05) is 31.6 Å².